The third-order valence-corrected chi connectivity index (χ3v) is 12.1. The zero-order chi connectivity index (χ0) is 45.0. The van der Waals surface area contributed by atoms with Crippen LogP contribution in [0.1, 0.15) is 22.4 Å². The van der Waals surface area contributed by atoms with E-state index in [9.17, 15) is 8.78 Å². The van der Waals surface area contributed by atoms with Gasteiger partial charge in [-0.3, -0.25) is 15.0 Å². The second kappa shape index (κ2) is 18.7. The van der Waals surface area contributed by atoms with E-state index in [1.54, 1.807) is 6.07 Å². The molecule has 65 heavy (non-hydrogen) atoms. The number of nitrogen functional groups attached to an aromatic ring is 2. The first-order chi connectivity index (χ1) is 31.5. The lowest BCUT2D eigenvalue weighted by molar-refractivity contribution is 0.313. The van der Waals surface area contributed by atoms with E-state index in [-0.39, 0.29) is 11.6 Å². The van der Waals surface area contributed by atoms with E-state index < -0.39 is 5.82 Å². The van der Waals surface area contributed by atoms with Gasteiger partial charge < -0.3 is 40.9 Å². The van der Waals surface area contributed by atoms with Crippen LogP contribution in [-0.2, 0) is 12.8 Å². The number of aromatic amines is 1. The van der Waals surface area contributed by atoms with E-state index in [0.29, 0.717) is 17.8 Å². The highest BCUT2D eigenvalue weighted by Gasteiger charge is 2.23. The van der Waals surface area contributed by atoms with Crippen LogP contribution in [0.5, 0.6) is 0 Å². The van der Waals surface area contributed by atoms with Crippen LogP contribution in [0.25, 0.3) is 27.3 Å². The summed E-state index contributed by atoms with van der Waals surface area (Å²) in [5, 5.41) is 0. The molecule has 328 valence electrons. The summed E-state index contributed by atoms with van der Waals surface area (Å²) in [5.74, 6) is 0.285. The van der Waals surface area contributed by atoms with Crippen LogP contribution < -0.4 is 21.3 Å². The van der Waals surface area contributed by atoms with Gasteiger partial charge in [0.05, 0.1) is 57.1 Å². The minimum atomic E-state index is -0.414. The molecule has 3 aromatic heterocycles. The van der Waals surface area contributed by atoms with Crippen LogP contribution in [0.15, 0.2) is 119 Å². The number of fused-ring (bicyclic) bond motifs is 3. The number of nitrogens with one attached hydrogen (secondary N) is 1. The summed E-state index contributed by atoms with van der Waals surface area (Å²) in [6.45, 7) is 15.1. The molecule has 0 radical (unpaired) electrons. The van der Waals surface area contributed by atoms with E-state index in [1.165, 1.54) is 46.9 Å². The summed E-state index contributed by atoms with van der Waals surface area (Å²) in [7, 11) is 4.35. The van der Waals surface area contributed by atoms with Gasteiger partial charge in [0, 0.05) is 82.1 Å². The average molecular weight is 870 g/mol. The Morgan fingerprint density at radius 3 is 1.85 bits per heavy atom. The number of nitrogens with two attached hydrogens (primary N) is 2. The number of hydrogen-bond acceptors (Lipinski definition) is 11. The lowest BCUT2D eigenvalue weighted by Crippen LogP contribution is -2.44. The van der Waals surface area contributed by atoms with Gasteiger partial charge in [0.25, 0.3) is 5.82 Å². The Morgan fingerprint density at radius 1 is 0.600 bits per heavy atom. The highest BCUT2D eigenvalue weighted by molar-refractivity contribution is 6.09. The topological polar surface area (TPSA) is 149 Å². The van der Waals surface area contributed by atoms with Crippen molar-refractivity contribution in [3.05, 3.63) is 155 Å². The molecule has 0 spiro atoms. The van der Waals surface area contributed by atoms with Gasteiger partial charge in [0.15, 0.2) is 12.0 Å². The minimum Gasteiger partial charge on any atom is -0.397 e. The fourth-order valence-corrected chi connectivity index (χ4v) is 8.24. The molecular formula is C50H49F2N13. The number of H-pyrrole nitrogens is 1. The first-order valence-electron chi connectivity index (χ1n) is 21.6. The van der Waals surface area contributed by atoms with Crippen LogP contribution >= 0.6 is 0 Å². The normalized spacial score (nSPS) is 15.8. The Hall–Kier alpha value is -7.54. The number of nitrogens with zero attached hydrogens (tertiary/aromatic N) is 10. The number of imidazole rings is 1. The minimum absolute atomic E-state index is 0.219. The number of aliphatic imine (C=N–C) groups is 2. The van der Waals surface area contributed by atoms with Gasteiger partial charge >= 0.3 is 0 Å². The quantitative estimate of drug-likeness (QED) is 0.115. The standard InChI is InChI=1S/C26H24FN5.C18H22N6.C6H3FN2/c1-31-8-10-32(11-9-31)21-4-7-23-19(13-21)14-25(29-23)17-2-5-22-18(12-17)15-26(30-22)24-6-3-20(27)16-28-24;1-23-6-8-24(9-7-23)13-3-5-16-17(11-13)22-18(21-16)12-2-4-14(19)15(20)10-12;1-8-6-3-2-5(7)4-9-6/h2-7,12-13,16H,8-11,14-15H2,1H3;2-5,10-11H,6-9,19-20H2,1H3,(H,21,22);2-4H. The molecule has 5 N–H and O–H groups in total. The van der Waals surface area contributed by atoms with Crippen LogP contribution in [0, 0.1) is 18.2 Å². The second-order valence-corrected chi connectivity index (χ2v) is 16.6. The summed E-state index contributed by atoms with van der Waals surface area (Å²) >= 11 is 0. The van der Waals surface area contributed by atoms with Crippen molar-refractivity contribution >= 4 is 62.4 Å². The highest BCUT2D eigenvalue weighted by Crippen LogP contribution is 2.35. The molecule has 4 aliphatic heterocycles. The van der Waals surface area contributed by atoms with Crippen molar-refractivity contribution in [3.63, 3.8) is 0 Å². The molecule has 0 bridgehead atoms. The van der Waals surface area contributed by atoms with Gasteiger partial charge in [0.2, 0.25) is 0 Å². The molecule has 0 amide bonds. The second-order valence-electron chi connectivity index (χ2n) is 16.6. The number of benzene rings is 4. The molecular weight excluding hydrogens is 821 g/mol. The maximum Gasteiger partial charge on any atom is 0.269 e. The van der Waals surface area contributed by atoms with E-state index in [0.717, 1.165) is 121 Å². The lowest BCUT2D eigenvalue weighted by atomic mass is 9.99. The fraction of sp³-hybridized carbons (Fsp3) is 0.240. The fourth-order valence-electron chi connectivity index (χ4n) is 8.24. The van der Waals surface area contributed by atoms with Gasteiger partial charge in [-0.2, -0.15) is 0 Å². The van der Waals surface area contributed by atoms with Crippen LogP contribution in [-0.4, -0.2) is 108 Å². The summed E-state index contributed by atoms with van der Waals surface area (Å²) < 4.78 is 25.3. The van der Waals surface area contributed by atoms with Gasteiger partial charge in [-0.15, -0.1) is 4.98 Å². The van der Waals surface area contributed by atoms with Crippen molar-refractivity contribution in [2.75, 3.05) is 87.7 Å². The van der Waals surface area contributed by atoms with Gasteiger partial charge in [-0.25, -0.2) is 13.8 Å². The Labute approximate surface area is 376 Å². The van der Waals surface area contributed by atoms with E-state index in [4.69, 9.17) is 28.0 Å². The summed E-state index contributed by atoms with van der Waals surface area (Å²) in [6.07, 6.45) is 3.82. The molecule has 4 aromatic carbocycles. The molecule has 11 rings (SSSR count). The number of rotatable bonds is 5. The number of piperazine rings is 2. The first-order valence-corrected chi connectivity index (χ1v) is 21.6. The van der Waals surface area contributed by atoms with Crippen LogP contribution in [0.2, 0.25) is 0 Å². The summed E-state index contributed by atoms with van der Waals surface area (Å²) in [4.78, 5) is 38.0. The van der Waals surface area contributed by atoms with Crippen molar-refractivity contribution in [2.24, 2.45) is 9.98 Å². The zero-order valence-corrected chi connectivity index (χ0v) is 36.3. The predicted octanol–water partition coefficient (Wildman–Crippen LogP) is 8.24. The molecule has 0 unspecified atom stereocenters. The van der Waals surface area contributed by atoms with Crippen LogP contribution in [0.3, 0.4) is 0 Å². The van der Waals surface area contributed by atoms with Gasteiger partial charge in [-0.05, 0) is 122 Å². The average Bonchev–Trinajstić information content (AvgIpc) is 4.08. The summed E-state index contributed by atoms with van der Waals surface area (Å²) in [5.41, 5.74) is 26.7. The van der Waals surface area contributed by atoms with Crippen LogP contribution in [0.4, 0.5) is 48.7 Å². The lowest BCUT2D eigenvalue weighted by Gasteiger charge is -2.34. The Balaban J connectivity index is 0.000000142. The van der Waals surface area contributed by atoms with E-state index in [2.05, 4.69) is 113 Å². The third kappa shape index (κ3) is 9.84. The molecule has 4 aliphatic rings. The molecule has 15 heteroatoms. The molecule has 0 atom stereocenters. The molecule has 7 heterocycles. The largest absolute Gasteiger partial charge is 0.397 e. The van der Waals surface area contributed by atoms with Crippen molar-refractivity contribution in [3.8, 4) is 11.4 Å². The van der Waals surface area contributed by atoms with Crippen molar-refractivity contribution in [1.29, 1.82) is 0 Å². The Bertz CT molecular complexity index is 2940. The highest BCUT2D eigenvalue weighted by atomic mass is 19.1. The number of halogens is 2. The number of hydrogen-bond donors (Lipinski definition) is 3. The van der Waals surface area contributed by atoms with Crippen molar-refractivity contribution in [2.45, 2.75) is 12.8 Å². The number of aromatic nitrogens is 4. The Kier molecular flexibility index (Phi) is 12.3. The third-order valence-electron chi connectivity index (χ3n) is 12.1. The van der Waals surface area contributed by atoms with Gasteiger partial charge in [0.1, 0.15) is 11.6 Å². The maximum absolute atomic E-state index is 13.2. The maximum atomic E-state index is 13.2. The van der Waals surface area contributed by atoms with Crippen molar-refractivity contribution in [1.82, 2.24) is 29.7 Å². The summed E-state index contributed by atoms with van der Waals surface area (Å²) in [6, 6.07) is 30.7. The van der Waals surface area contributed by atoms with E-state index in [1.807, 2.05) is 18.2 Å². The van der Waals surface area contributed by atoms with E-state index >= 15 is 0 Å². The molecule has 2 fully saturated rings. The molecule has 7 aromatic rings. The molecule has 13 nitrogen and oxygen atoms in total. The number of pyridine rings is 2. The predicted molar refractivity (Wildman–Crippen MR) is 257 cm³/mol. The van der Waals surface area contributed by atoms with Crippen molar-refractivity contribution < 1.29 is 8.78 Å². The number of anilines is 4. The Morgan fingerprint density at radius 2 is 1.20 bits per heavy atom. The monoisotopic (exact) mass is 869 g/mol. The van der Waals surface area contributed by atoms with Gasteiger partial charge in [-0.1, -0.05) is 12.6 Å². The first kappa shape index (κ1) is 42.7. The number of likely N-dealkylation sites (N-methyl/N-ethyl adjacent to an activating group) is 2. The SMILES string of the molecule is CN1CCN(c2ccc3c(c2)CC(c2ccc4c(c2)CC(c2ccc(F)cn2)=N4)=N3)CC1.CN1CCN(c2ccc3nc(-c4ccc(N)c(N)c4)[nH]c3c2)CC1.[C-]#[N+]c1ccc(F)cn1. The zero-order valence-electron chi connectivity index (χ0n) is 36.3. The molecule has 2 saturated heterocycles. The smallest absolute Gasteiger partial charge is 0.269 e. The molecule has 0 aliphatic carbocycles. The molecule has 0 saturated carbocycles.